The summed E-state index contributed by atoms with van der Waals surface area (Å²) in [7, 11) is -2.92. The fourth-order valence-electron chi connectivity index (χ4n) is 1.18. The third kappa shape index (κ3) is 4.02. The van der Waals surface area contributed by atoms with Crippen molar-refractivity contribution in [3.05, 3.63) is 22.7 Å². The fourth-order valence-corrected chi connectivity index (χ4v) is 2.26. The summed E-state index contributed by atoms with van der Waals surface area (Å²) >= 11 is 3.30. The highest BCUT2D eigenvalue weighted by Crippen LogP contribution is 2.22. The van der Waals surface area contributed by atoms with Gasteiger partial charge in [0.1, 0.15) is 0 Å². The van der Waals surface area contributed by atoms with E-state index in [-0.39, 0.29) is 11.5 Å². The Morgan fingerprint density at radius 2 is 2.12 bits per heavy atom. The zero-order valence-electron chi connectivity index (χ0n) is 9.03. The standard InChI is InChI=1S/C10H15BrN2O2S/c1-2-16(14,15)6-5-13-10-4-3-8(11)7-9(10)12/h3-4,7,13H,2,5-6,12H2,1H3. The lowest BCUT2D eigenvalue weighted by Crippen LogP contribution is -2.17. The van der Waals surface area contributed by atoms with Crippen molar-refractivity contribution in [3.8, 4) is 0 Å². The van der Waals surface area contributed by atoms with Crippen molar-refractivity contribution in [1.29, 1.82) is 0 Å². The van der Waals surface area contributed by atoms with Crippen LogP contribution in [0.3, 0.4) is 0 Å². The largest absolute Gasteiger partial charge is 0.397 e. The third-order valence-electron chi connectivity index (χ3n) is 2.18. The Kier molecular flexibility index (Phi) is 4.61. The second-order valence-corrected chi connectivity index (χ2v) is 6.78. The molecule has 0 bridgehead atoms. The average molecular weight is 307 g/mol. The molecular weight excluding hydrogens is 292 g/mol. The lowest BCUT2D eigenvalue weighted by atomic mass is 10.3. The first-order valence-electron chi connectivity index (χ1n) is 4.94. The van der Waals surface area contributed by atoms with Crippen molar-refractivity contribution in [3.63, 3.8) is 0 Å². The first-order valence-corrected chi connectivity index (χ1v) is 7.55. The lowest BCUT2D eigenvalue weighted by molar-refractivity contribution is 0.597. The highest BCUT2D eigenvalue weighted by molar-refractivity contribution is 9.10. The molecule has 0 aliphatic heterocycles. The Morgan fingerprint density at radius 3 is 2.69 bits per heavy atom. The number of anilines is 2. The fraction of sp³-hybridized carbons (Fsp3) is 0.400. The number of nitrogens with one attached hydrogen (secondary N) is 1. The van der Waals surface area contributed by atoms with E-state index in [4.69, 9.17) is 5.73 Å². The molecule has 0 spiro atoms. The van der Waals surface area contributed by atoms with Gasteiger partial charge in [0.25, 0.3) is 0 Å². The maximum atomic E-state index is 11.2. The molecule has 0 aliphatic carbocycles. The minimum Gasteiger partial charge on any atom is -0.397 e. The zero-order valence-corrected chi connectivity index (χ0v) is 11.4. The molecule has 0 heterocycles. The molecule has 0 fully saturated rings. The second-order valence-electron chi connectivity index (χ2n) is 3.39. The van der Waals surface area contributed by atoms with Gasteiger partial charge in [-0.25, -0.2) is 8.42 Å². The molecule has 0 aromatic heterocycles. The molecule has 0 aliphatic rings. The van der Waals surface area contributed by atoms with E-state index < -0.39 is 9.84 Å². The molecule has 16 heavy (non-hydrogen) atoms. The third-order valence-corrected chi connectivity index (χ3v) is 4.38. The van der Waals surface area contributed by atoms with Crippen LogP contribution in [0.4, 0.5) is 11.4 Å². The average Bonchev–Trinajstić information content (AvgIpc) is 2.21. The van der Waals surface area contributed by atoms with Crippen molar-refractivity contribution >= 4 is 37.1 Å². The number of hydrogen-bond donors (Lipinski definition) is 2. The molecular formula is C10H15BrN2O2S. The zero-order chi connectivity index (χ0) is 12.2. The molecule has 1 rings (SSSR count). The van der Waals surface area contributed by atoms with Crippen molar-refractivity contribution < 1.29 is 8.42 Å². The van der Waals surface area contributed by atoms with E-state index >= 15 is 0 Å². The van der Waals surface area contributed by atoms with Crippen LogP contribution in [0, 0.1) is 0 Å². The topological polar surface area (TPSA) is 72.2 Å². The highest BCUT2D eigenvalue weighted by atomic mass is 79.9. The Labute approximate surface area is 104 Å². The summed E-state index contributed by atoms with van der Waals surface area (Å²) < 4.78 is 23.4. The number of benzene rings is 1. The number of nitrogen functional groups attached to an aromatic ring is 1. The SMILES string of the molecule is CCS(=O)(=O)CCNc1ccc(Br)cc1N. The number of nitrogens with two attached hydrogens (primary N) is 1. The molecule has 90 valence electrons. The molecule has 6 heteroatoms. The molecule has 0 atom stereocenters. The van der Waals surface area contributed by atoms with Gasteiger partial charge >= 0.3 is 0 Å². The summed E-state index contributed by atoms with van der Waals surface area (Å²) in [4.78, 5) is 0. The highest BCUT2D eigenvalue weighted by Gasteiger charge is 2.07. The van der Waals surface area contributed by atoms with E-state index in [1.54, 1.807) is 13.0 Å². The van der Waals surface area contributed by atoms with Crippen molar-refractivity contribution in [2.45, 2.75) is 6.92 Å². The molecule has 0 saturated heterocycles. The van der Waals surface area contributed by atoms with E-state index in [1.165, 1.54) is 0 Å². The number of hydrogen-bond acceptors (Lipinski definition) is 4. The summed E-state index contributed by atoms with van der Waals surface area (Å²) in [5, 5.41) is 3.01. The van der Waals surface area contributed by atoms with E-state index in [0.29, 0.717) is 12.2 Å². The van der Waals surface area contributed by atoms with E-state index in [2.05, 4.69) is 21.2 Å². The van der Waals surface area contributed by atoms with E-state index in [0.717, 1.165) is 10.2 Å². The second kappa shape index (κ2) is 5.54. The molecule has 0 saturated carbocycles. The molecule has 0 unspecified atom stereocenters. The van der Waals surface area contributed by atoms with E-state index in [9.17, 15) is 8.42 Å². The van der Waals surface area contributed by atoms with Crippen LogP contribution in [0.25, 0.3) is 0 Å². The molecule has 0 radical (unpaired) electrons. The van der Waals surface area contributed by atoms with Crippen molar-refractivity contribution in [2.24, 2.45) is 0 Å². The smallest absolute Gasteiger partial charge is 0.151 e. The monoisotopic (exact) mass is 306 g/mol. The lowest BCUT2D eigenvalue weighted by Gasteiger charge is -2.09. The molecule has 1 aromatic rings. The predicted molar refractivity (Wildman–Crippen MR) is 71.4 cm³/mol. The van der Waals surface area contributed by atoms with Gasteiger partial charge in [-0.15, -0.1) is 0 Å². The first kappa shape index (κ1) is 13.3. The van der Waals surface area contributed by atoms with Gasteiger partial charge in [0, 0.05) is 16.8 Å². The summed E-state index contributed by atoms with van der Waals surface area (Å²) in [5.41, 5.74) is 7.12. The van der Waals surface area contributed by atoms with Gasteiger partial charge in [-0.3, -0.25) is 0 Å². The van der Waals surface area contributed by atoms with Gasteiger partial charge < -0.3 is 11.1 Å². The van der Waals surface area contributed by atoms with Crippen molar-refractivity contribution in [2.75, 3.05) is 29.1 Å². The van der Waals surface area contributed by atoms with Crippen LogP contribution in [-0.2, 0) is 9.84 Å². The minimum atomic E-state index is -2.92. The predicted octanol–water partition coefficient (Wildman–Crippen LogP) is 1.88. The van der Waals surface area contributed by atoms with Crippen LogP contribution < -0.4 is 11.1 Å². The number of halogens is 1. The van der Waals surface area contributed by atoms with Crippen LogP contribution in [0.2, 0.25) is 0 Å². The summed E-state index contributed by atoms with van der Waals surface area (Å²) in [6.45, 7) is 2.02. The number of sulfone groups is 1. The molecule has 3 N–H and O–H groups in total. The molecule has 4 nitrogen and oxygen atoms in total. The first-order chi connectivity index (χ1) is 7.44. The Hall–Kier alpha value is -0.750. The Balaban J connectivity index is 2.56. The van der Waals surface area contributed by atoms with Crippen molar-refractivity contribution in [1.82, 2.24) is 0 Å². The van der Waals surface area contributed by atoms with Gasteiger partial charge in [0.2, 0.25) is 0 Å². The molecule has 0 amide bonds. The summed E-state index contributed by atoms with van der Waals surface area (Å²) in [6, 6.07) is 5.45. The molecule has 1 aromatic carbocycles. The van der Waals surface area contributed by atoms with Crippen LogP contribution in [0.1, 0.15) is 6.92 Å². The maximum absolute atomic E-state index is 11.2. The number of rotatable bonds is 5. The van der Waals surface area contributed by atoms with E-state index in [1.807, 2.05) is 12.1 Å². The van der Waals surface area contributed by atoms with Crippen LogP contribution >= 0.6 is 15.9 Å². The van der Waals surface area contributed by atoms with Crippen LogP contribution in [0.15, 0.2) is 22.7 Å². The normalized spacial score (nSPS) is 11.4. The van der Waals surface area contributed by atoms with Crippen LogP contribution in [-0.4, -0.2) is 26.5 Å². The van der Waals surface area contributed by atoms with Gasteiger partial charge in [0.05, 0.1) is 17.1 Å². The summed E-state index contributed by atoms with van der Waals surface area (Å²) in [5.74, 6) is 0.295. The quantitative estimate of drug-likeness (QED) is 0.815. The van der Waals surface area contributed by atoms with Gasteiger partial charge in [-0.2, -0.15) is 0 Å². The minimum absolute atomic E-state index is 0.124. The van der Waals surface area contributed by atoms with Gasteiger partial charge in [-0.05, 0) is 18.2 Å². The summed E-state index contributed by atoms with van der Waals surface area (Å²) in [6.07, 6.45) is 0. The van der Waals surface area contributed by atoms with Gasteiger partial charge in [-0.1, -0.05) is 22.9 Å². The maximum Gasteiger partial charge on any atom is 0.151 e. The van der Waals surface area contributed by atoms with Crippen LogP contribution in [0.5, 0.6) is 0 Å². The Morgan fingerprint density at radius 1 is 1.44 bits per heavy atom. The van der Waals surface area contributed by atoms with Gasteiger partial charge in [0.15, 0.2) is 9.84 Å². The Bertz CT molecular complexity index is 460.